The van der Waals surface area contributed by atoms with Crippen LogP contribution in [0.3, 0.4) is 0 Å². The summed E-state index contributed by atoms with van der Waals surface area (Å²) in [6.45, 7) is 3.39. The van der Waals surface area contributed by atoms with Gasteiger partial charge in [0.15, 0.2) is 0 Å². The molecule has 0 aliphatic rings. The van der Waals surface area contributed by atoms with E-state index in [4.69, 9.17) is 5.73 Å². The summed E-state index contributed by atoms with van der Waals surface area (Å²) in [6.07, 6.45) is 5.36. The quantitative estimate of drug-likeness (QED) is 0.697. The Kier molecular flexibility index (Phi) is 8.67. The van der Waals surface area contributed by atoms with Gasteiger partial charge in [-0.25, -0.2) is 4.39 Å². The summed E-state index contributed by atoms with van der Waals surface area (Å²) in [5, 5.41) is 2.90. The standard InChI is InChI=1S/C17H27FN2O/c1-2-4-14(9-11-19)7-8-17(21)20-12-10-15-5-3-6-16(18)13-15/h3,5-6,13-14H,2,4,7-12,19H2,1H3,(H,20,21). The molecular formula is C17H27FN2O. The average molecular weight is 294 g/mol. The molecule has 0 spiro atoms. The second kappa shape index (κ2) is 10.3. The third-order valence-corrected chi connectivity index (χ3v) is 3.68. The lowest BCUT2D eigenvalue weighted by Gasteiger charge is -2.14. The Morgan fingerprint density at radius 3 is 2.81 bits per heavy atom. The Labute approximate surface area is 127 Å². The van der Waals surface area contributed by atoms with Gasteiger partial charge in [-0.2, -0.15) is 0 Å². The first-order valence-corrected chi connectivity index (χ1v) is 7.87. The minimum atomic E-state index is -0.233. The number of hydrogen-bond acceptors (Lipinski definition) is 2. The Morgan fingerprint density at radius 1 is 1.33 bits per heavy atom. The SMILES string of the molecule is CCCC(CCN)CCC(=O)NCCc1cccc(F)c1. The zero-order chi connectivity index (χ0) is 15.5. The Hall–Kier alpha value is -1.42. The highest BCUT2D eigenvalue weighted by atomic mass is 19.1. The van der Waals surface area contributed by atoms with E-state index in [2.05, 4.69) is 12.2 Å². The lowest BCUT2D eigenvalue weighted by atomic mass is 9.94. The maximum Gasteiger partial charge on any atom is 0.220 e. The van der Waals surface area contributed by atoms with Gasteiger partial charge < -0.3 is 11.1 Å². The summed E-state index contributed by atoms with van der Waals surface area (Å²) in [4.78, 5) is 11.8. The molecule has 0 aromatic heterocycles. The Bertz CT molecular complexity index is 417. The number of benzene rings is 1. The number of rotatable bonds is 10. The molecule has 0 bridgehead atoms. The van der Waals surface area contributed by atoms with E-state index in [1.807, 2.05) is 6.07 Å². The van der Waals surface area contributed by atoms with Crippen LogP contribution in [0.15, 0.2) is 24.3 Å². The van der Waals surface area contributed by atoms with E-state index in [1.165, 1.54) is 12.1 Å². The molecular weight excluding hydrogens is 267 g/mol. The summed E-state index contributed by atoms with van der Waals surface area (Å²) in [5.74, 6) is 0.390. The van der Waals surface area contributed by atoms with Crippen molar-refractivity contribution >= 4 is 5.91 Å². The van der Waals surface area contributed by atoms with E-state index in [0.29, 0.717) is 31.8 Å². The van der Waals surface area contributed by atoms with Crippen molar-refractivity contribution in [1.29, 1.82) is 0 Å². The molecule has 21 heavy (non-hydrogen) atoms. The van der Waals surface area contributed by atoms with Crippen LogP contribution in [0.25, 0.3) is 0 Å². The van der Waals surface area contributed by atoms with E-state index in [9.17, 15) is 9.18 Å². The van der Waals surface area contributed by atoms with Crippen LogP contribution >= 0.6 is 0 Å². The third kappa shape index (κ3) is 7.81. The smallest absolute Gasteiger partial charge is 0.220 e. The second-order valence-corrected chi connectivity index (χ2v) is 5.50. The molecule has 1 atom stereocenters. The van der Waals surface area contributed by atoms with Crippen molar-refractivity contribution in [2.75, 3.05) is 13.1 Å². The summed E-state index contributed by atoms with van der Waals surface area (Å²) in [7, 11) is 0. The summed E-state index contributed by atoms with van der Waals surface area (Å²) >= 11 is 0. The Morgan fingerprint density at radius 2 is 2.14 bits per heavy atom. The van der Waals surface area contributed by atoms with Gasteiger partial charge >= 0.3 is 0 Å². The molecule has 3 nitrogen and oxygen atoms in total. The van der Waals surface area contributed by atoms with Crippen LogP contribution in [0.5, 0.6) is 0 Å². The van der Waals surface area contributed by atoms with Crippen LogP contribution < -0.4 is 11.1 Å². The zero-order valence-electron chi connectivity index (χ0n) is 12.9. The van der Waals surface area contributed by atoms with Crippen molar-refractivity contribution < 1.29 is 9.18 Å². The van der Waals surface area contributed by atoms with Crippen LogP contribution in [0.4, 0.5) is 4.39 Å². The van der Waals surface area contributed by atoms with Crippen molar-refractivity contribution in [3.8, 4) is 0 Å². The molecule has 4 heteroatoms. The maximum absolute atomic E-state index is 13.0. The van der Waals surface area contributed by atoms with Crippen molar-refractivity contribution in [2.45, 2.75) is 45.4 Å². The first-order valence-electron chi connectivity index (χ1n) is 7.87. The molecule has 1 amide bonds. The number of carbonyl (C=O) groups is 1. The van der Waals surface area contributed by atoms with Crippen molar-refractivity contribution in [3.63, 3.8) is 0 Å². The lowest BCUT2D eigenvalue weighted by molar-refractivity contribution is -0.121. The number of nitrogens with two attached hydrogens (primary N) is 1. The van der Waals surface area contributed by atoms with Crippen molar-refractivity contribution in [1.82, 2.24) is 5.32 Å². The van der Waals surface area contributed by atoms with Gasteiger partial charge in [-0.15, -0.1) is 0 Å². The molecule has 118 valence electrons. The fraction of sp³-hybridized carbons (Fsp3) is 0.588. The van der Waals surface area contributed by atoms with Gasteiger partial charge in [0.05, 0.1) is 0 Å². The largest absolute Gasteiger partial charge is 0.356 e. The lowest BCUT2D eigenvalue weighted by Crippen LogP contribution is -2.26. The van der Waals surface area contributed by atoms with E-state index in [0.717, 1.165) is 31.2 Å². The molecule has 0 saturated heterocycles. The molecule has 1 unspecified atom stereocenters. The van der Waals surface area contributed by atoms with Gasteiger partial charge in [0.1, 0.15) is 5.82 Å². The molecule has 0 radical (unpaired) electrons. The van der Waals surface area contributed by atoms with Crippen molar-refractivity contribution in [3.05, 3.63) is 35.6 Å². The highest BCUT2D eigenvalue weighted by molar-refractivity contribution is 5.75. The molecule has 0 heterocycles. The number of hydrogen-bond donors (Lipinski definition) is 2. The molecule has 1 aromatic rings. The molecule has 1 aromatic carbocycles. The molecule has 0 saturated carbocycles. The van der Waals surface area contributed by atoms with Gasteiger partial charge in [-0.3, -0.25) is 4.79 Å². The van der Waals surface area contributed by atoms with E-state index in [-0.39, 0.29) is 11.7 Å². The van der Waals surface area contributed by atoms with Gasteiger partial charge in [0.25, 0.3) is 0 Å². The van der Waals surface area contributed by atoms with Crippen LogP contribution in [0, 0.1) is 11.7 Å². The van der Waals surface area contributed by atoms with Crippen LogP contribution in [-0.2, 0) is 11.2 Å². The zero-order valence-corrected chi connectivity index (χ0v) is 12.9. The van der Waals surface area contributed by atoms with Crippen molar-refractivity contribution in [2.24, 2.45) is 11.7 Å². The van der Waals surface area contributed by atoms with Gasteiger partial charge in [0.2, 0.25) is 5.91 Å². The van der Waals surface area contributed by atoms with Crippen LogP contribution in [0.2, 0.25) is 0 Å². The molecule has 3 N–H and O–H groups in total. The third-order valence-electron chi connectivity index (χ3n) is 3.68. The highest BCUT2D eigenvalue weighted by Crippen LogP contribution is 2.16. The molecule has 0 fully saturated rings. The molecule has 1 rings (SSSR count). The summed E-state index contributed by atoms with van der Waals surface area (Å²) in [5.41, 5.74) is 6.50. The predicted octanol–water partition coefficient (Wildman–Crippen LogP) is 3.03. The minimum Gasteiger partial charge on any atom is -0.356 e. The normalized spacial score (nSPS) is 12.1. The first kappa shape index (κ1) is 17.6. The Balaban J connectivity index is 2.21. The fourth-order valence-electron chi connectivity index (χ4n) is 2.54. The van der Waals surface area contributed by atoms with Crippen LogP contribution in [-0.4, -0.2) is 19.0 Å². The van der Waals surface area contributed by atoms with E-state index < -0.39 is 0 Å². The highest BCUT2D eigenvalue weighted by Gasteiger charge is 2.09. The second-order valence-electron chi connectivity index (χ2n) is 5.50. The van der Waals surface area contributed by atoms with Gasteiger partial charge in [-0.1, -0.05) is 31.9 Å². The van der Waals surface area contributed by atoms with E-state index in [1.54, 1.807) is 6.07 Å². The topological polar surface area (TPSA) is 55.1 Å². The summed E-state index contributed by atoms with van der Waals surface area (Å²) < 4.78 is 13.0. The number of carbonyl (C=O) groups excluding carboxylic acids is 1. The number of nitrogens with one attached hydrogen (secondary N) is 1. The molecule has 0 aliphatic heterocycles. The number of halogens is 1. The summed E-state index contributed by atoms with van der Waals surface area (Å²) in [6, 6.07) is 6.49. The monoisotopic (exact) mass is 294 g/mol. The average Bonchev–Trinajstić information content (AvgIpc) is 2.45. The van der Waals surface area contributed by atoms with Crippen LogP contribution in [0.1, 0.15) is 44.6 Å². The maximum atomic E-state index is 13.0. The van der Waals surface area contributed by atoms with Gasteiger partial charge in [0, 0.05) is 13.0 Å². The number of amides is 1. The predicted molar refractivity (Wildman–Crippen MR) is 84.4 cm³/mol. The molecule has 0 aliphatic carbocycles. The fourth-order valence-corrected chi connectivity index (χ4v) is 2.54. The van der Waals surface area contributed by atoms with E-state index >= 15 is 0 Å². The first-order chi connectivity index (χ1) is 10.2. The van der Waals surface area contributed by atoms with Gasteiger partial charge in [-0.05, 0) is 49.4 Å². The minimum absolute atomic E-state index is 0.0736.